The lowest BCUT2D eigenvalue weighted by Crippen LogP contribution is -2.39. The Morgan fingerprint density at radius 3 is 2.67 bits per heavy atom. The van der Waals surface area contributed by atoms with Gasteiger partial charge in [-0.2, -0.15) is 0 Å². The standard InChI is InChI=1S/C33H34N6O3/c1-19-24(20-8-6-5-7-9-20)13-26(29-35-17-27(39(19)29)32(2,3)42-4)37-30(40)21-10-11-22-14-33(15-23(22)12-21)25-16-34-18-36-28(25)38-31(33)41/h5-12,16-19,24,26H,13-15H2,1-4H3,(H,37,40)(H,34,36,38,41)/t19-,24-,26+,33-/m1/s1. The first kappa shape index (κ1) is 26.5. The third-order valence-corrected chi connectivity index (χ3v) is 9.62. The van der Waals surface area contributed by atoms with Gasteiger partial charge in [0.15, 0.2) is 0 Å². The van der Waals surface area contributed by atoms with Crippen molar-refractivity contribution < 1.29 is 14.3 Å². The highest BCUT2D eigenvalue weighted by molar-refractivity contribution is 6.06. The topological polar surface area (TPSA) is 111 Å². The fourth-order valence-corrected chi connectivity index (χ4v) is 7.12. The van der Waals surface area contributed by atoms with Crippen LogP contribution in [0.2, 0.25) is 0 Å². The van der Waals surface area contributed by atoms with Gasteiger partial charge in [-0.25, -0.2) is 15.0 Å². The molecule has 3 aliphatic rings. The first-order valence-corrected chi connectivity index (χ1v) is 14.4. The van der Waals surface area contributed by atoms with Gasteiger partial charge < -0.3 is 19.9 Å². The van der Waals surface area contributed by atoms with Crippen molar-refractivity contribution in [3.8, 4) is 0 Å². The van der Waals surface area contributed by atoms with Crippen LogP contribution in [0.5, 0.6) is 0 Å². The van der Waals surface area contributed by atoms with E-state index in [-0.39, 0.29) is 29.8 Å². The van der Waals surface area contributed by atoms with Crippen LogP contribution in [0.15, 0.2) is 67.3 Å². The van der Waals surface area contributed by atoms with Crippen LogP contribution in [0.4, 0.5) is 5.82 Å². The average molecular weight is 563 g/mol. The SMILES string of the molecule is COC(C)(C)c1cnc2n1[C@H](C)[C@H](c1ccccc1)C[C@@H]2NC(=O)c1ccc2c(c1)C[C@@]1(C2)C(=O)Nc2ncncc21. The van der Waals surface area contributed by atoms with Crippen LogP contribution in [-0.2, 0) is 33.4 Å². The minimum atomic E-state index is -0.730. The molecule has 0 bridgehead atoms. The zero-order chi connectivity index (χ0) is 29.2. The van der Waals surface area contributed by atoms with Crippen molar-refractivity contribution in [2.24, 2.45) is 0 Å². The summed E-state index contributed by atoms with van der Waals surface area (Å²) in [5.41, 5.74) is 4.39. The number of aromatic nitrogens is 4. The van der Waals surface area contributed by atoms with Crippen LogP contribution in [0.25, 0.3) is 0 Å². The lowest BCUT2D eigenvalue weighted by atomic mass is 9.80. The van der Waals surface area contributed by atoms with Crippen molar-refractivity contribution in [3.63, 3.8) is 0 Å². The summed E-state index contributed by atoms with van der Waals surface area (Å²) in [5, 5.41) is 6.22. The first-order valence-electron chi connectivity index (χ1n) is 14.4. The summed E-state index contributed by atoms with van der Waals surface area (Å²) in [7, 11) is 1.71. The van der Waals surface area contributed by atoms with E-state index in [9.17, 15) is 9.59 Å². The van der Waals surface area contributed by atoms with E-state index in [1.165, 1.54) is 11.9 Å². The Morgan fingerprint density at radius 1 is 1.10 bits per heavy atom. The predicted molar refractivity (Wildman–Crippen MR) is 157 cm³/mol. The number of hydrogen-bond donors (Lipinski definition) is 2. The van der Waals surface area contributed by atoms with Gasteiger partial charge in [-0.3, -0.25) is 9.59 Å². The number of imidazole rings is 1. The Kier molecular flexibility index (Phi) is 6.06. The van der Waals surface area contributed by atoms with Gasteiger partial charge in [-0.15, -0.1) is 0 Å². The van der Waals surface area contributed by atoms with Crippen LogP contribution in [0.1, 0.15) is 89.3 Å². The molecule has 9 nitrogen and oxygen atoms in total. The zero-order valence-corrected chi connectivity index (χ0v) is 24.2. The second-order valence-electron chi connectivity index (χ2n) is 12.3. The molecule has 0 fully saturated rings. The number of anilines is 1. The number of ether oxygens (including phenoxy) is 1. The van der Waals surface area contributed by atoms with Crippen molar-refractivity contribution in [2.75, 3.05) is 12.4 Å². The molecular formula is C33H34N6O3. The Balaban J connectivity index is 1.20. The summed E-state index contributed by atoms with van der Waals surface area (Å²) in [6.07, 6.45) is 6.85. The molecule has 214 valence electrons. The maximum atomic E-state index is 13.8. The second kappa shape index (κ2) is 9.59. The number of carbonyl (C=O) groups is 2. The Morgan fingerprint density at radius 2 is 1.88 bits per heavy atom. The molecule has 4 aromatic rings. The summed E-state index contributed by atoms with van der Waals surface area (Å²) < 4.78 is 8.10. The number of fused-ring (bicyclic) bond motifs is 4. The molecule has 1 spiro atoms. The van der Waals surface area contributed by atoms with E-state index in [2.05, 4.69) is 56.4 Å². The van der Waals surface area contributed by atoms with Gasteiger partial charge in [-0.05, 0) is 68.9 Å². The molecule has 9 heteroatoms. The van der Waals surface area contributed by atoms with Gasteiger partial charge in [0.25, 0.3) is 5.91 Å². The lowest BCUT2D eigenvalue weighted by Gasteiger charge is -2.39. The van der Waals surface area contributed by atoms with Gasteiger partial charge in [0.2, 0.25) is 5.91 Å². The molecule has 0 saturated heterocycles. The number of rotatable bonds is 5. The van der Waals surface area contributed by atoms with Crippen molar-refractivity contribution >= 4 is 17.6 Å². The van der Waals surface area contributed by atoms with Crippen molar-refractivity contribution in [1.29, 1.82) is 0 Å². The number of benzene rings is 2. The molecular weight excluding hydrogens is 528 g/mol. The van der Waals surface area contributed by atoms with Crippen molar-refractivity contribution in [1.82, 2.24) is 24.8 Å². The van der Waals surface area contributed by atoms with Crippen LogP contribution in [-0.4, -0.2) is 38.4 Å². The molecule has 7 rings (SSSR count). The molecule has 2 N–H and O–H groups in total. The fraction of sp³-hybridized carbons (Fsp3) is 0.364. The molecule has 2 aromatic heterocycles. The summed E-state index contributed by atoms with van der Waals surface area (Å²) in [5.74, 6) is 1.36. The predicted octanol–water partition coefficient (Wildman–Crippen LogP) is 4.76. The van der Waals surface area contributed by atoms with E-state index in [0.29, 0.717) is 24.2 Å². The van der Waals surface area contributed by atoms with Crippen molar-refractivity contribution in [3.05, 3.63) is 107 Å². The van der Waals surface area contributed by atoms with E-state index in [1.807, 2.05) is 44.3 Å². The minimum absolute atomic E-state index is 0.0647. The van der Waals surface area contributed by atoms with Crippen molar-refractivity contribution in [2.45, 2.75) is 69.1 Å². The Hall–Kier alpha value is -4.37. The molecule has 2 amide bonds. The van der Waals surface area contributed by atoms with E-state index < -0.39 is 11.0 Å². The van der Waals surface area contributed by atoms with E-state index in [4.69, 9.17) is 9.72 Å². The third kappa shape index (κ3) is 3.98. The van der Waals surface area contributed by atoms with Crippen LogP contribution in [0, 0.1) is 0 Å². The maximum Gasteiger partial charge on any atom is 0.251 e. The number of methoxy groups -OCH3 is 1. The minimum Gasteiger partial charge on any atom is -0.373 e. The molecule has 1 aliphatic carbocycles. The normalized spacial score (nSPS) is 24.2. The van der Waals surface area contributed by atoms with Gasteiger partial charge in [-0.1, -0.05) is 36.4 Å². The highest BCUT2D eigenvalue weighted by Gasteiger charge is 2.51. The summed E-state index contributed by atoms with van der Waals surface area (Å²) in [6.45, 7) is 6.29. The molecule has 2 aromatic carbocycles. The highest BCUT2D eigenvalue weighted by Crippen LogP contribution is 2.47. The highest BCUT2D eigenvalue weighted by atomic mass is 16.5. The molecule has 4 atom stereocenters. The Bertz CT molecular complexity index is 1710. The number of amides is 2. The van der Waals surface area contributed by atoms with Gasteiger partial charge in [0.1, 0.15) is 23.6 Å². The van der Waals surface area contributed by atoms with Gasteiger partial charge >= 0.3 is 0 Å². The molecule has 0 unspecified atom stereocenters. The maximum absolute atomic E-state index is 13.8. The molecule has 2 aliphatic heterocycles. The number of nitrogens with zero attached hydrogens (tertiary/aromatic N) is 4. The molecule has 0 saturated carbocycles. The summed E-state index contributed by atoms with van der Waals surface area (Å²) in [6, 6.07) is 16.1. The summed E-state index contributed by atoms with van der Waals surface area (Å²) in [4.78, 5) is 40.2. The van der Waals surface area contributed by atoms with Gasteiger partial charge in [0, 0.05) is 36.4 Å². The molecule has 4 heterocycles. The van der Waals surface area contributed by atoms with E-state index in [0.717, 1.165) is 34.6 Å². The van der Waals surface area contributed by atoms with E-state index in [1.54, 1.807) is 13.3 Å². The molecule has 42 heavy (non-hydrogen) atoms. The smallest absolute Gasteiger partial charge is 0.251 e. The van der Waals surface area contributed by atoms with Crippen LogP contribution in [0.3, 0.4) is 0 Å². The Labute approximate surface area is 244 Å². The van der Waals surface area contributed by atoms with Crippen LogP contribution >= 0.6 is 0 Å². The number of hydrogen-bond acceptors (Lipinski definition) is 6. The van der Waals surface area contributed by atoms with Gasteiger partial charge in [0.05, 0.1) is 23.3 Å². The number of carbonyl (C=O) groups excluding carboxylic acids is 2. The first-order chi connectivity index (χ1) is 20.2. The molecule has 0 radical (unpaired) electrons. The summed E-state index contributed by atoms with van der Waals surface area (Å²) >= 11 is 0. The quantitative estimate of drug-likeness (QED) is 0.363. The third-order valence-electron chi connectivity index (χ3n) is 9.62. The second-order valence-corrected chi connectivity index (χ2v) is 12.3. The number of nitrogens with one attached hydrogen (secondary N) is 2. The van der Waals surface area contributed by atoms with Crippen LogP contribution < -0.4 is 10.6 Å². The largest absolute Gasteiger partial charge is 0.373 e. The fourth-order valence-electron chi connectivity index (χ4n) is 7.12. The monoisotopic (exact) mass is 562 g/mol. The zero-order valence-electron chi connectivity index (χ0n) is 24.2. The lowest BCUT2D eigenvalue weighted by molar-refractivity contribution is -0.120. The van der Waals surface area contributed by atoms with E-state index >= 15 is 0 Å². The average Bonchev–Trinajstić information content (AvgIpc) is 3.69.